The van der Waals surface area contributed by atoms with Crippen molar-refractivity contribution in [3.05, 3.63) is 35.1 Å². The Bertz CT molecular complexity index is 449. The summed E-state index contributed by atoms with van der Waals surface area (Å²) >= 11 is 0. The molecule has 0 saturated carbocycles. The highest BCUT2D eigenvalue weighted by atomic mass is 19.1. The van der Waals surface area contributed by atoms with Crippen molar-refractivity contribution >= 4 is 5.97 Å². The van der Waals surface area contributed by atoms with Crippen LogP contribution in [0.25, 0.3) is 0 Å². The van der Waals surface area contributed by atoms with E-state index in [2.05, 4.69) is 0 Å². The van der Waals surface area contributed by atoms with E-state index in [1.165, 1.54) is 12.1 Å². The summed E-state index contributed by atoms with van der Waals surface area (Å²) in [5, 5.41) is 0. The zero-order chi connectivity index (χ0) is 15.1. The second kappa shape index (κ2) is 7.97. The summed E-state index contributed by atoms with van der Waals surface area (Å²) in [7, 11) is 0. The molecular formula is C15H23FN2O2. The number of rotatable bonds is 7. The van der Waals surface area contributed by atoms with Crippen LogP contribution in [0, 0.1) is 5.82 Å². The summed E-state index contributed by atoms with van der Waals surface area (Å²) < 4.78 is 18.4. The Labute approximate surface area is 119 Å². The molecule has 2 N–H and O–H groups in total. The highest BCUT2D eigenvalue weighted by molar-refractivity contribution is 5.71. The second-order valence-electron chi connectivity index (χ2n) is 4.98. The molecule has 0 aliphatic rings. The Morgan fingerprint density at radius 1 is 1.35 bits per heavy atom. The number of hydrogen-bond donors (Lipinski definition) is 1. The summed E-state index contributed by atoms with van der Waals surface area (Å²) in [5.41, 5.74) is 7.10. The number of benzene rings is 1. The topological polar surface area (TPSA) is 55.6 Å². The first kappa shape index (κ1) is 16.6. The lowest BCUT2D eigenvalue weighted by molar-refractivity contribution is -0.145. The summed E-state index contributed by atoms with van der Waals surface area (Å²) in [6.07, 6.45) is 0. The summed E-state index contributed by atoms with van der Waals surface area (Å²) in [6, 6.07) is 4.92. The molecule has 112 valence electrons. The van der Waals surface area contributed by atoms with E-state index in [0.29, 0.717) is 19.7 Å². The van der Waals surface area contributed by atoms with Gasteiger partial charge in [0.25, 0.3) is 0 Å². The SMILES string of the molecule is CCOC(=O)CN(Cc1cc(F)cc(CN)c1)C(C)C. The normalized spacial score (nSPS) is 11.2. The third-order valence-corrected chi connectivity index (χ3v) is 3.01. The van der Waals surface area contributed by atoms with Gasteiger partial charge >= 0.3 is 5.97 Å². The van der Waals surface area contributed by atoms with Crippen LogP contribution >= 0.6 is 0 Å². The second-order valence-corrected chi connectivity index (χ2v) is 4.98. The average molecular weight is 282 g/mol. The molecule has 5 heteroatoms. The average Bonchev–Trinajstić information content (AvgIpc) is 2.37. The van der Waals surface area contributed by atoms with Crippen LogP contribution in [0.5, 0.6) is 0 Å². The minimum absolute atomic E-state index is 0.156. The molecule has 0 saturated heterocycles. The van der Waals surface area contributed by atoms with Crippen molar-refractivity contribution in [1.82, 2.24) is 4.90 Å². The minimum Gasteiger partial charge on any atom is -0.465 e. The van der Waals surface area contributed by atoms with E-state index < -0.39 is 0 Å². The van der Waals surface area contributed by atoms with Crippen LogP contribution in [-0.2, 0) is 22.6 Å². The van der Waals surface area contributed by atoms with Crippen molar-refractivity contribution in [2.75, 3.05) is 13.2 Å². The zero-order valence-electron chi connectivity index (χ0n) is 12.4. The highest BCUT2D eigenvalue weighted by Gasteiger charge is 2.16. The lowest BCUT2D eigenvalue weighted by Gasteiger charge is -2.25. The fourth-order valence-electron chi connectivity index (χ4n) is 1.95. The van der Waals surface area contributed by atoms with E-state index >= 15 is 0 Å². The van der Waals surface area contributed by atoms with Gasteiger partial charge in [-0.3, -0.25) is 9.69 Å². The first-order valence-corrected chi connectivity index (χ1v) is 6.84. The van der Waals surface area contributed by atoms with Gasteiger partial charge in [-0.2, -0.15) is 0 Å². The first-order valence-electron chi connectivity index (χ1n) is 6.84. The standard InChI is InChI=1S/C15H23FN2O2/c1-4-20-15(19)10-18(11(2)3)9-13-5-12(8-17)6-14(16)7-13/h5-7,11H,4,8-10,17H2,1-3H3. The van der Waals surface area contributed by atoms with Crippen LogP contribution in [0.1, 0.15) is 31.9 Å². The molecule has 4 nitrogen and oxygen atoms in total. The number of ether oxygens (including phenoxy) is 1. The Kier molecular flexibility index (Phi) is 6.61. The summed E-state index contributed by atoms with van der Waals surface area (Å²) in [4.78, 5) is 13.5. The lowest BCUT2D eigenvalue weighted by atomic mass is 10.1. The molecule has 1 rings (SSSR count). The number of halogens is 1. The van der Waals surface area contributed by atoms with Crippen molar-refractivity contribution in [2.45, 2.75) is 39.9 Å². The van der Waals surface area contributed by atoms with Crippen LogP contribution in [0.4, 0.5) is 4.39 Å². The monoisotopic (exact) mass is 282 g/mol. The molecule has 0 unspecified atom stereocenters. The molecule has 0 spiro atoms. The Hall–Kier alpha value is -1.46. The Balaban J connectivity index is 2.79. The Morgan fingerprint density at radius 3 is 2.55 bits per heavy atom. The maximum Gasteiger partial charge on any atom is 0.320 e. The molecule has 0 amide bonds. The third-order valence-electron chi connectivity index (χ3n) is 3.01. The molecular weight excluding hydrogens is 259 g/mol. The molecule has 1 aromatic rings. The number of esters is 1. The molecule has 0 aromatic heterocycles. The van der Waals surface area contributed by atoms with Crippen molar-refractivity contribution in [1.29, 1.82) is 0 Å². The van der Waals surface area contributed by atoms with Crippen LogP contribution in [0.15, 0.2) is 18.2 Å². The number of hydrogen-bond acceptors (Lipinski definition) is 4. The molecule has 0 fully saturated rings. The fraction of sp³-hybridized carbons (Fsp3) is 0.533. The van der Waals surface area contributed by atoms with Crippen LogP contribution in [0.2, 0.25) is 0 Å². The van der Waals surface area contributed by atoms with Gasteiger partial charge in [0.1, 0.15) is 5.82 Å². The molecule has 0 atom stereocenters. The van der Waals surface area contributed by atoms with Gasteiger partial charge in [0.15, 0.2) is 0 Å². The van der Waals surface area contributed by atoms with Gasteiger partial charge in [0.05, 0.1) is 13.2 Å². The van der Waals surface area contributed by atoms with Gasteiger partial charge in [-0.1, -0.05) is 6.07 Å². The summed E-state index contributed by atoms with van der Waals surface area (Å²) in [6.45, 7) is 7.09. The van der Waals surface area contributed by atoms with E-state index in [0.717, 1.165) is 11.1 Å². The molecule has 0 bridgehead atoms. The van der Waals surface area contributed by atoms with Crippen molar-refractivity contribution in [3.8, 4) is 0 Å². The van der Waals surface area contributed by atoms with Crippen LogP contribution in [-0.4, -0.2) is 30.1 Å². The van der Waals surface area contributed by atoms with Crippen molar-refractivity contribution in [3.63, 3.8) is 0 Å². The van der Waals surface area contributed by atoms with Crippen LogP contribution < -0.4 is 5.73 Å². The predicted molar refractivity (Wildman–Crippen MR) is 76.5 cm³/mol. The first-order chi connectivity index (χ1) is 9.46. The van der Waals surface area contributed by atoms with Crippen molar-refractivity contribution < 1.29 is 13.9 Å². The largest absolute Gasteiger partial charge is 0.465 e. The van der Waals surface area contributed by atoms with E-state index in [4.69, 9.17) is 10.5 Å². The molecule has 1 aromatic carbocycles. The van der Waals surface area contributed by atoms with Gasteiger partial charge in [0.2, 0.25) is 0 Å². The van der Waals surface area contributed by atoms with Gasteiger partial charge in [-0.05, 0) is 44.0 Å². The number of nitrogens with zero attached hydrogens (tertiary/aromatic N) is 1. The summed E-state index contributed by atoms with van der Waals surface area (Å²) in [5.74, 6) is -0.570. The highest BCUT2D eigenvalue weighted by Crippen LogP contribution is 2.13. The predicted octanol–water partition coefficient (Wildman–Crippen LogP) is 2.06. The van der Waals surface area contributed by atoms with Gasteiger partial charge in [-0.25, -0.2) is 4.39 Å². The molecule has 0 radical (unpaired) electrons. The lowest BCUT2D eigenvalue weighted by Crippen LogP contribution is -2.36. The molecule has 20 heavy (non-hydrogen) atoms. The molecule has 0 aliphatic heterocycles. The number of carbonyl (C=O) groups is 1. The Morgan fingerprint density at radius 2 is 2.00 bits per heavy atom. The van der Waals surface area contributed by atoms with Crippen LogP contribution in [0.3, 0.4) is 0 Å². The van der Waals surface area contributed by atoms with Gasteiger partial charge in [-0.15, -0.1) is 0 Å². The minimum atomic E-state index is -0.303. The fourth-order valence-corrected chi connectivity index (χ4v) is 1.95. The van der Waals surface area contributed by atoms with Gasteiger partial charge in [0, 0.05) is 19.1 Å². The van der Waals surface area contributed by atoms with Crippen molar-refractivity contribution in [2.24, 2.45) is 5.73 Å². The van der Waals surface area contributed by atoms with E-state index in [1.54, 1.807) is 6.92 Å². The quantitative estimate of drug-likeness (QED) is 0.778. The molecule has 0 heterocycles. The van der Waals surface area contributed by atoms with Gasteiger partial charge < -0.3 is 10.5 Å². The van der Waals surface area contributed by atoms with E-state index in [9.17, 15) is 9.18 Å². The smallest absolute Gasteiger partial charge is 0.320 e. The maximum atomic E-state index is 13.5. The van der Waals surface area contributed by atoms with E-state index in [1.807, 2.05) is 24.8 Å². The zero-order valence-corrected chi connectivity index (χ0v) is 12.4. The maximum absolute atomic E-state index is 13.5. The third kappa shape index (κ3) is 5.27. The molecule has 0 aliphatic carbocycles. The van der Waals surface area contributed by atoms with E-state index in [-0.39, 0.29) is 24.4 Å². The number of carbonyl (C=O) groups excluding carboxylic acids is 1. The number of nitrogens with two attached hydrogens (primary N) is 1.